The van der Waals surface area contributed by atoms with Gasteiger partial charge in [-0.05, 0) is 44.0 Å². The fourth-order valence-corrected chi connectivity index (χ4v) is 2.39. The van der Waals surface area contributed by atoms with Crippen LogP contribution in [0, 0.1) is 12.7 Å². The highest BCUT2D eigenvalue weighted by Gasteiger charge is 2.16. The van der Waals surface area contributed by atoms with E-state index in [9.17, 15) is 4.39 Å². The quantitative estimate of drug-likeness (QED) is 0.880. The van der Waals surface area contributed by atoms with E-state index in [1.54, 1.807) is 24.4 Å². The third-order valence-corrected chi connectivity index (χ3v) is 3.54. The number of benzene rings is 1. The molecule has 1 atom stereocenters. The minimum Gasteiger partial charge on any atom is -0.308 e. The van der Waals surface area contributed by atoms with Crippen molar-refractivity contribution in [1.29, 1.82) is 0 Å². The molecule has 112 valence electrons. The summed E-state index contributed by atoms with van der Waals surface area (Å²) in [6.07, 6.45) is 3.23. The van der Waals surface area contributed by atoms with Crippen LogP contribution in [0.2, 0.25) is 5.02 Å². The molecule has 1 heterocycles. The topological polar surface area (TPSA) is 37.8 Å². The van der Waals surface area contributed by atoms with Crippen molar-refractivity contribution in [1.82, 2.24) is 15.3 Å². The first-order chi connectivity index (χ1) is 10.1. The van der Waals surface area contributed by atoms with E-state index in [4.69, 9.17) is 11.6 Å². The van der Waals surface area contributed by atoms with Gasteiger partial charge in [0, 0.05) is 6.20 Å². The molecule has 0 amide bonds. The highest BCUT2D eigenvalue weighted by Crippen LogP contribution is 2.23. The van der Waals surface area contributed by atoms with Gasteiger partial charge in [-0.3, -0.25) is 0 Å². The monoisotopic (exact) mass is 307 g/mol. The number of hydrogen-bond donors (Lipinski definition) is 1. The summed E-state index contributed by atoms with van der Waals surface area (Å²) in [6.45, 7) is 4.78. The van der Waals surface area contributed by atoms with Gasteiger partial charge in [0.15, 0.2) is 0 Å². The van der Waals surface area contributed by atoms with E-state index in [1.165, 1.54) is 0 Å². The summed E-state index contributed by atoms with van der Waals surface area (Å²) in [5.74, 6) is 0.357. The molecule has 5 heteroatoms. The molecular formula is C16H19ClFN3. The Kier molecular flexibility index (Phi) is 5.65. The molecule has 0 aliphatic heterocycles. The van der Waals surface area contributed by atoms with Gasteiger partial charge in [-0.1, -0.05) is 30.7 Å². The average molecular weight is 308 g/mol. The summed E-state index contributed by atoms with van der Waals surface area (Å²) in [5, 5.41) is 3.56. The lowest BCUT2D eigenvalue weighted by molar-refractivity contribution is 0.501. The maximum absolute atomic E-state index is 14.1. The van der Waals surface area contributed by atoms with Gasteiger partial charge >= 0.3 is 0 Å². The van der Waals surface area contributed by atoms with Crippen molar-refractivity contribution in [2.45, 2.75) is 32.7 Å². The van der Waals surface area contributed by atoms with E-state index in [1.807, 2.05) is 13.0 Å². The number of rotatable bonds is 6. The van der Waals surface area contributed by atoms with Crippen molar-refractivity contribution >= 4 is 11.6 Å². The molecule has 1 aromatic heterocycles. The van der Waals surface area contributed by atoms with Crippen LogP contribution in [0.1, 0.15) is 36.5 Å². The number of aryl methyl sites for hydroxylation is 1. The predicted octanol–water partition coefficient (Wildman–Crippen LogP) is 3.86. The summed E-state index contributed by atoms with van der Waals surface area (Å²) < 4.78 is 14.1. The van der Waals surface area contributed by atoms with E-state index in [0.29, 0.717) is 17.8 Å². The van der Waals surface area contributed by atoms with Crippen molar-refractivity contribution in [3.05, 3.63) is 58.4 Å². The fraction of sp³-hybridized carbons (Fsp3) is 0.375. The van der Waals surface area contributed by atoms with E-state index in [-0.39, 0.29) is 16.9 Å². The minimum absolute atomic E-state index is 0.0559. The van der Waals surface area contributed by atoms with Gasteiger partial charge in [0.1, 0.15) is 11.6 Å². The van der Waals surface area contributed by atoms with Crippen molar-refractivity contribution in [2.24, 2.45) is 0 Å². The SMILES string of the molecule is CCCNC(Cc1cccc(Cl)c1F)c1ccnc(C)n1. The molecule has 0 aliphatic rings. The van der Waals surface area contributed by atoms with E-state index in [0.717, 1.165) is 18.7 Å². The molecule has 0 fully saturated rings. The first-order valence-electron chi connectivity index (χ1n) is 7.07. The van der Waals surface area contributed by atoms with Gasteiger partial charge in [-0.2, -0.15) is 0 Å². The highest BCUT2D eigenvalue weighted by molar-refractivity contribution is 6.30. The Labute approximate surface area is 129 Å². The maximum Gasteiger partial charge on any atom is 0.145 e. The molecule has 21 heavy (non-hydrogen) atoms. The van der Waals surface area contributed by atoms with Crippen molar-refractivity contribution in [3.63, 3.8) is 0 Å². The lowest BCUT2D eigenvalue weighted by atomic mass is 10.0. The Balaban J connectivity index is 2.26. The summed E-state index contributed by atoms with van der Waals surface area (Å²) in [5.41, 5.74) is 1.46. The van der Waals surface area contributed by atoms with Gasteiger partial charge in [0.05, 0.1) is 16.8 Å². The Morgan fingerprint density at radius 1 is 1.33 bits per heavy atom. The smallest absolute Gasteiger partial charge is 0.145 e. The molecule has 0 spiro atoms. The van der Waals surface area contributed by atoms with Gasteiger partial charge in [0.2, 0.25) is 0 Å². The van der Waals surface area contributed by atoms with Crippen LogP contribution >= 0.6 is 11.6 Å². The van der Waals surface area contributed by atoms with Crippen LogP contribution < -0.4 is 5.32 Å². The zero-order valence-corrected chi connectivity index (χ0v) is 13.0. The number of nitrogens with one attached hydrogen (secondary N) is 1. The summed E-state index contributed by atoms with van der Waals surface area (Å²) in [6, 6.07) is 6.89. The van der Waals surface area contributed by atoms with Crippen LogP contribution in [0.5, 0.6) is 0 Å². The fourth-order valence-electron chi connectivity index (χ4n) is 2.19. The zero-order chi connectivity index (χ0) is 15.2. The molecule has 1 unspecified atom stereocenters. The summed E-state index contributed by atoms with van der Waals surface area (Å²) >= 11 is 5.85. The van der Waals surface area contributed by atoms with Crippen LogP contribution in [0.15, 0.2) is 30.5 Å². The van der Waals surface area contributed by atoms with E-state index >= 15 is 0 Å². The molecule has 0 saturated carbocycles. The lowest BCUT2D eigenvalue weighted by Crippen LogP contribution is -2.25. The average Bonchev–Trinajstić information content (AvgIpc) is 2.47. The molecule has 0 bridgehead atoms. The number of halogens is 2. The Morgan fingerprint density at radius 2 is 2.14 bits per heavy atom. The van der Waals surface area contributed by atoms with Gasteiger partial charge < -0.3 is 5.32 Å². The third kappa shape index (κ3) is 4.22. The lowest BCUT2D eigenvalue weighted by Gasteiger charge is -2.19. The molecule has 0 radical (unpaired) electrons. The third-order valence-electron chi connectivity index (χ3n) is 3.25. The number of nitrogens with zero attached hydrogens (tertiary/aromatic N) is 2. The summed E-state index contributed by atoms with van der Waals surface area (Å²) in [7, 11) is 0. The van der Waals surface area contributed by atoms with Crippen molar-refractivity contribution in [2.75, 3.05) is 6.54 Å². The maximum atomic E-state index is 14.1. The normalized spacial score (nSPS) is 12.4. The molecule has 1 N–H and O–H groups in total. The molecule has 0 aliphatic carbocycles. The van der Waals surface area contributed by atoms with E-state index < -0.39 is 0 Å². The van der Waals surface area contributed by atoms with Crippen LogP contribution in [-0.2, 0) is 6.42 Å². The number of hydrogen-bond acceptors (Lipinski definition) is 3. The van der Waals surface area contributed by atoms with Crippen molar-refractivity contribution < 1.29 is 4.39 Å². The first-order valence-corrected chi connectivity index (χ1v) is 7.45. The van der Waals surface area contributed by atoms with Crippen LogP contribution in [0.4, 0.5) is 4.39 Å². The zero-order valence-electron chi connectivity index (χ0n) is 12.2. The van der Waals surface area contributed by atoms with Crippen LogP contribution in [0.3, 0.4) is 0 Å². The molecule has 3 nitrogen and oxygen atoms in total. The van der Waals surface area contributed by atoms with Gasteiger partial charge in [-0.25, -0.2) is 14.4 Å². The van der Waals surface area contributed by atoms with Gasteiger partial charge in [0.25, 0.3) is 0 Å². The second-order valence-corrected chi connectivity index (χ2v) is 5.36. The second-order valence-electron chi connectivity index (χ2n) is 4.95. The largest absolute Gasteiger partial charge is 0.308 e. The highest BCUT2D eigenvalue weighted by atomic mass is 35.5. The second kappa shape index (κ2) is 7.48. The predicted molar refractivity (Wildman–Crippen MR) is 82.9 cm³/mol. The Hall–Kier alpha value is -1.52. The molecule has 2 rings (SSSR count). The van der Waals surface area contributed by atoms with E-state index in [2.05, 4.69) is 22.2 Å². The molecular weight excluding hydrogens is 289 g/mol. The minimum atomic E-state index is -0.353. The summed E-state index contributed by atoms with van der Waals surface area (Å²) in [4.78, 5) is 8.55. The van der Waals surface area contributed by atoms with Crippen molar-refractivity contribution in [3.8, 4) is 0 Å². The van der Waals surface area contributed by atoms with Crippen LogP contribution in [-0.4, -0.2) is 16.5 Å². The van der Waals surface area contributed by atoms with Crippen LogP contribution in [0.25, 0.3) is 0 Å². The Morgan fingerprint density at radius 3 is 2.86 bits per heavy atom. The Bertz CT molecular complexity index is 604. The molecule has 1 aromatic carbocycles. The molecule has 2 aromatic rings. The van der Waals surface area contributed by atoms with Gasteiger partial charge in [-0.15, -0.1) is 0 Å². The molecule has 0 saturated heterocycles. The first kappa shape index (κ1) is 15.9. The standard InChI is InChI=1S/C16H19ClFN3/c1-3-8-20-15(14-7-9-19-11(2)21-14)10-12-5-4-6-13(17)16(12)18/h4-7,9,15,20H,3,8,10H2,1-2H3. The number of aromatic nitrogens is 2.